The van der Waals surface area contributed by atoms with Gasteiger partial charge in [0.25, 0.3) is 5.91 Å². The number of hydrogen-bond donors (Lipinski definition) is 2. The molecule has 0 aliphatic carbocycles. The van der Waals surface area contributed by atoms with Crippen LogP contribution in [0.4, 0.5) is 10.1 Å². The number of furan rings is 1. The summed E-state index contributed by atoms with van der Waals surface area (Å²) in [7, 11) is 1.48. The molecule has 2 aromatic carbocycles. The second-order valence-corrected chi connectivity index (χ2v) is 5.61. The summed E-state index contributed by atoms with van der Waals surface area (Å²) in [5.41, 5.74) is 1.11. The van der Waals surface area contributed by atoms with Crippen molar-refractivity contribution in [1.82, 2.24) is 0 Å². The molecule has 0 radical (unpaired) electrons. The van der Waals surface area contributed by atoms with Gasteiger partial charge in [0, 0.05) is 5.56 Å². The molecule has 2 N–H and O–H groups in total. The van der Waals surface area contributed by atoms with Crippen LogP contribution in [0.5, 0.6) is 11.5 Å². The number of carbonyl (C=O) groups excluding carboxylic acids is 1. The van der Waals surface area contributed by atoms with Gasteiger partial charge in [-0.25, -0.2) is 4.39 Å². The predicted octanol–water partition coefficient (Wildman–Crippen LogP) is 3.60. The largest absolute Gasteiger partial charge is 0.495 e. The lowest BCUT2D eigenvalue weighted by Crippen LogP contribution is -2.20. The van der Waals surface area contributed by atoms with E-state index in [1.807, 2.05) is 0 Å². The fourth-order valence-electron chi connectivity index (χ4n) is 2.47. The fraction of sp³-hybridized carbons (Fsp3) is 0.150. The summed E-state index contributed by atoms with van der Waals surface area (Å²) in [4.78, 5) is 12.2. The van der Waals surface area contributed by atoms with E-state index in [1.165, 1.54) is 25.3 Å². The Bertz CT molecular complexity index is 938. The summed E-state index contributed by atoms with van der Waals surface area (Å²) < 4.78 is 29.5. The van der Waals surface area contributed by atoms with Gasteiger partial charge in [0.15, 0.2) is 18.2 Å². The minimum atomic E-state index is -0.539. The molecule has 1 heterocycles. The van der Waals surface area contributed by atoms with E-state index in [-0.39, 0.29) is 19.0 Å². The average molecular weight is 371 g/mol. The van der Waals surface area contributed by atoms with Crippen LogP contribution in [0.15, 0.2) is 59.0 Å². The van der Waals surface area contributed by atoms with Crippen LogP contribution in [-0.4, -0.2) is 24.7 Å². The van der Waals surface area contributed by atoms with Crippen molar-refractivity contribution < 1.29 is 28.2 Å². The van der Waals surface area contributed by atoms with E-state index in [4.69, 9.17) is 19.0 Å². The Labute approximate surface area is 155 Å². The van der Waals surface area contributed by atoms with Gasteiger partial charge in [0.1, 0.15) is 23.9 Å². The Morgan fingerprint density at radius 3 is 2.67 bits per heavy atom. The number of amides is 1. The van der Waals surface area contributed by atoms with E-state index in [0.29, 0.717) is 28.5 Å². The Hall–Kier alpha value is -3.32. The van der Waals surface area contributed by atoms with E-state index < -0.39 is 11.7 Å². The minimum absolute atomic E-state index is 0.000448. The van der Waals surface area contributed by atoms with E-state index in [1.54, 1.807) is 36.4 Å². The molecule has 0 aliphatic heterocycles. The molecule has 0 atom stereocenters. The first kappa shape index (κ1) is 18.5. The molecule has 0 unspecified atom stereocenters. The van der Waals surface area contributed by atoms with E-state index >= 15 is 0 Å². The van der Waals surface area contributed by atoms with Gasteiger partial charge < -0.3 is 24.3 Å². The highest BCUT2D eigenvalue weighted by molar-refractivity contribution is 5.94. The quantitative estimate of drug-likeness (QED) is 0.663. The highest BCUT2D eigenvalue weighted by Crippen LogP contribution is 2.31. The van der Waals surface area contributed by atoms with Gasteiger partial charge in [-0.3, -0.25) is 4.79 Å². The second kappa shape index (κ2) is 8.37. The van der Waals surface area contributed by atoms with Crippen molar-refractivity contribution in [2.24, 2.45) is 0 Å². The number of aliphatic hydroxyl groups is 1. The number of hydrogen-bond acceptors (Lipinski definition) is 5. The smallest absolute Gasteiger partial charge is 0.262 e. The van der Waals surface area contributed by atoms with Gasteiger partial charge in [-0.1, -0.05) is 12.1 Å². The predicted molar refractivity (Wildman–Crippen MR) is 97.1 cm³/mol. The maximum Gasteiger partial charge on any atom is 0.262 e. The summed E-state index contributed by atoms with van der Waals surface area (Å²) >= 11 is 0. The van der Waals surface area contributed by atoms with E-state index in [0.717, 1.165) is 0 Å². The van der Waals surface area contributed by atoms with Crippen LogP contribution in [0.1, 0.15) is 5.76 Å². The van der Waals surface area contributed by atoms with E-state index in [9.17, 15) is 9.18 Å². The molecular formula is C20H18FNO5. The van der Waals surface area contributed by atoms with Gasteiger partial charge in [0.2, 0.25) is 0 Å². The lowest BCUT2D eigenvalue weighted by molar-refractivity contribution is -0.118. The average Bonchev–Trinajstić information content (AvgIpc) is 3.16. The third-order valence-electron chi connectivity index (χ3n) is 3.77. The van der Waals surface area contributed by atoms with Crippen LogP contribution in [0, 0.1) is 5.82 Å². The standard InChI is InChI=1S/C20H18FNO5/c1-25-19-8-6-13(17-9-7-14(11-23)27-17)10-16(19)22-20(24)12-26-18-5-3-2-4-15(18)21/h2-10,23H,11-12H2,1H3,(H,22,24). The molecule has 140 valence electrons. The maximum atomic E-state index is 13.6. The molecule has 0 bridgehead atoms. The summed E-state index contributed by atoms with van der Waals surface area (Å²) in [6.07, 6.45) is 0. The topological polar surface area (TPSA) is 80.9 Å². The van der Waals surface area contributed by atoms with Crippen LogP contribution < -0.4 is 14.8 Å². The fourth-order valence-corrected chi connectivity index (χ4v) is 2.47. The Morgan fingerprint density at radius 2 is 1.96 bits per heavy atom. The molecule has 6 nitrogen and oxygen atoms in total. The van der Waals surface area contributed by atoms with Crippen molar-refractivity contribution in [2.75, 3.05) is 19.0 Å². The van der Waals surface area contributed by atoms with Gasteiger partial charge in [-0.15, -0.1) is 0 Å². The molecule has 0 saturated heterocycles. The molecule has 27 heavy (non-hydrogen) atoms. The second-order valence-electron chi connectivity index (χ2n) is 5.61. The Kier molecular flexibility index (Phi) is 5.73. The van der Waals surface area contributed by atoms with Crippen LogP contribution in [0.3, 0.4) is 0 Å². The van der Waals surface area contributed by atoms with Crippen molar-refractivity contribution in [3.8, 4) is 22.8 Å². The van der Waals surface area contributed by atoms with Gasteiger partial charge in [-0.2, -0.15) is 0 Å². The molecule has 0 aliphatic rings. The minimum Gasteiger partial charge on any atom is -0.495 e. The lowest BCUT2D eigenvalue weighted by atomic mass is 10.1. The number of methoxy groups -OCH3 is 1. The molecule has 0 spiro atoms. The van der Waals surface area contributed by atoms with Crippen LogP contribution in [0.25, 0.3) is 11.3 Å². The Morgan fingerprint density at radius 1 is 1.15 bits per heavy atom. The van der Waals surface area contributed by atoms with E-state index in [2.05, 4.69) is 5.32 Å². The zero-order chi connectivity index (χ0) is 19.2. The molecule has 0 fully saturated rings. The van der Waals surface area contributed by atoms with Crippen LogP contribution in [-0.2, 0) is 11.4 Å². The molecule has 1 amide bonds. The van der Waals surface area contributed by atoms with Crippen molar-refractivity contribution >= 4 is 11.6 Å². The number of benzene rings is 2. The third-order valence-corrected chi connectivity index (χ3v) is 3.77. The maximum absolute atomic E-state index is 13.6. The summed E-state index contributed by atoms with van der Waals surface area (Å²) in [6, 6.07) is 14.4. The number of halogens is 1. The van der Waals surface area contributed by atoms with Crippen molar-refractivity contribution in [2.45, 2.75) is 6.61 Å². The number of ether oxygens (including phenoxy) is 2. The first-order valence-electron chi connectivity index (χ1n) is 8.16. The van der Waals surface area contributed by atoms with Crippen molar-refractivity contribution in [1.29, 1.82) is 0 Å². The molecule has 3 rings (SSSR count). The van der Waals surface area contributed by atoms with Gasteiger partial charge in [-0.05, 0) is 42.5 Å². The molecule has 1 aromatic heterocycles. The third kappa shape index (κ3) is 4.45. The number of aliphatic hydroxyl groups excluding tert-OH is 1. The zero-order valence-corrected chi connectivity index (χ0v) is 14.6. The zero-order valence-electron chi connectivity index (χ0n) is 14.6. The lowest BCUT2D eigenvalue weighted by Gasteiger charge is -2.12. The number of anilines is 1. The first-order chi connectivity index (χ1) is 13.1. The summed E-state index contributed by atoms with van der Waals surface area (Å²) in [5.74, 6) is 0.420. The normalized spacial score (nSPS) is 10.5. The SMILES string of the molecule is COc1ccc(-c2ccc(CO)o2)cc1NC(=O)COc1ccccc1F. The van der Waals surface area contributed by atoms with Crippen molar-refractivity contribution in [3.05, 3.63) is 66.2 Å². The van der Waals surface area contributed by atoms with Crippen LogP contribution in [0.2, 0.25) is 0 Å². The highest BCUT2D eigenvalue weighted by atomic mass is 19.1. The number of carbonyl (C=O) groups is 1. The van der Waals surface area contributed by atoms with Crippen molar-refractivity contribution in [3.63, 3.8) is 0 Å². The van der Waals surface area contributed by atoms with Crippen LogP contribution >= 0.6 is 0 Å². The Balaban J connectivity index is 1.73. The number of para-hydroxylation sites is 1. The number of rotatable bonds is 7. The summed E-state index contributed by atoms with van der Waals surface area (Å²) in [6.45, 7) is -0.559. The molecule has 7 heteroatoms. The first-order valence-corrected chi connectivity index (χ1v) is 8.16. The number of nitrogens with one attached hydrogen (secondary N) is 1. The highest BCUT2D eigenvalue weighted by Gasteiger charge is 2.13. The molecule has 3 aromatic rings. The summed E-state index contributed by atoms with van der Waals surface area (Å²) in [5, 5.41) is 11.8. The van der Waals surface area contributed by atoms with Gasteiger partial charge in [0.05, 0.1) is 12.8 Å². The molecule has 0 saturated carbocycles. The monoisotopic (exact) mass is 371 g/mol. The molecular weight excluding hydrogens is 353 g/mol. The van der Waals surface area contributed by atoms with Gasteiger partial charge >= 0.3 is 0 Å².